The summed E-state index contributed by atoms with van der Waals surface area (Å²) in [5.41, 5.74) is 6.23. The van der Waals surface area contributed by atoms with Gasteiger partial charge in [-0.15, -0.1) is 0 Å². The zero-order valence-electron chi connectivity index (χ0n) is 10.4. The van der Waals surface area contributed by atoms with E-state index in [-0.39, 0.29) is 12.5 Å². The zero-order valence-corrected chi connectivity index (χ0v) is 10.4. The van der Waals surface area contributed by atoms with E-state index in [4.69, 9.17) is 15.6 Å². The van der Waals surface area contributed by atoms with Crippen LogP contribution in [0, 0.1) is 0 Å². The van der Waals surface area contributed by atoms with Gasteiger partial charge in [-0.2, -0.15) is 0 Å². The number of carboxylic acid groups (broad SMARTS) is 1. The van der Waals surface area contributed by atoms with Gasteiger partial charge < -0.3 is 15.6 Å². The Labute approximate surface area is 101 Å². The summed E-state index contributed by atoms with van der Waals surface area (Å²) in [6.45, 7) is 3.68. The Bertz CT molecular complexity index is 403. The van der Waals surface area contributed by atoms with Gasteiger partial charge in [0.25, 0.3) is 0 Å². The van der Waals surface area contributed by atoms with Gasteiger partial charge in [-0.25, -0.2) is 0 Å². The molecule has 94 valence electrons. The van der Waals surface area contributed by atoms with Crippen molar-refractivity contribution in [2.75, 3.05) is 7.11 Å². The molecule has 0 aromatic heterocycles. The van der Waals surface area contributed by atoms with Gasteiger partial charge in [0.1, 0.15) is 5.75 Å². The van der Waals surface area contributed by atoms with E-state index in [1.165, 1.54) is 0 Å². The third kappa shape index (κ3) is 2.97. The molecule has 0 saturated heterocycles. The SMILES string of the molecule is COc1cccc(C(C)(CC(=O)O)C(C)N)c1. The average Bonchev–Trinajstić information content (AvgIpc) is 2.28. The second-order valence-corrected chi connectivity index (χ2v) is 4.51. The fraction of sp³-hybridized carbons (Fsp3) is 0.462. The van der Waals surface area contributed by atoms with Gasteiger partial charge in [-0.1, -0.05) is 19.1 Å². The van der Waals surface area contributed by atoms with E-state index < -0.39 is 11.4 Å². The smallest absolute Gasteiger partial charge is 0.304 e. The highest BCUT2D eigenvalue weighted by Gasteiger charge is 2.33. The molecule has 0 aliphatic carbocycles. The van der Waals surface area contributed by atoms with Crippen molar-refractivity contribution >= 4 is 5.97 Å². The summed E-state index contributed by atoms with van der Waals surface area (Å²) >= 11 is 0. The molecule has 0 radical (unpaired) electrons. The number of carbonyl (C=O) groups is 1. The minimum atomic E-state index is -0.854. The first-order chi connectivity index (χ1) is 7.90. The maximum Gasteiger partial charge on any atom is 0.304 e. The molecular weight excluding hydrogens is 218 g/mol. The van der Waals surface area contributed by atoms with E-state index in [0.29, 0.717) is 5.75 Å². The maximum atomic E-state index is 11.0. The van der Waals surface area contributed by atoms with E-state index in [0.717, 1.165) is 5.56 Å². The van der Waals surface area contributed by atoms with Crippen LogP contribution in [-0.2, 0) is 10.2 Å². The van der Waals surface area contributed by atoms with Crippen molar-refractivity contribution in [2.24, 2.45) is 5.73 Å². The van der Waals surface area contributed by atoms with E-state index in [2.05, 4.69) is 0 Å². The van der Waals surface area contributed by atoms with Gasteiger partial charge >= 0.3 is 5.97 Å². The lowest BCUT2D eigenvalue weighted by atomic mass is 9.74. The number of ether oxygens (including phenoxy) is 1. The quantitative estimate of drug-likeness (QED) is 0.818. The second-order valence-electron chi connectivity index (χ2n) is 4.51. The van der Waals surface area contributed by atoms with Crippen LogP contribution >= 0.6 is 0 Å². The number of hydrogen-bond donors (Lipinski definition) is 2. The van der Waals surface area contributed by atoms with Gasteiger partial charge in [-0.05, 0) is 24.6 Å². The largest absolute Gasteiger partial charge is 0.497 e. The van der Waals surface area contributed by atoms with E-state index >= 15 is 0 Å². The Morgan fingerprint density at radius 3 is 2.71 bits per heavy atom. The predicted octanol–water partition coefficient (Wildman–Crippen LogP) is 1.77. The Kier molecular flexibility index (Phi) is 4.12. The molecule has 4 heteroatoms. The van der Waals surface area contributed by atoms with Crippen LogP contribution in [-0.4, -0.2) is 24.2 Å². The highest BCUT2D eigenvalue weighted by atomic mass is 16.5. The fourth-order valence-corrected chi connectivity index (χ4v) is 1.82. The van der Waals surface area contributed by atoms with Gasteiger partial charge in [0.2, 0.25) is 0 Å². The van der Waals surface area contributed by atoms with E-state index in [9.17, 15) is 4.79 Å². The summed E-state index contributed by atoms with van der Waals surface area (Å²) in [5, 5.41) is 9.00. The van der Waals surface area contributed by atoms with Crippen molar-refractivity contribution in [3.63, 3.8) is 0 Å². The Hall–Kier alpha value is -1.55. The summed E-state index contributed by atoms with van der Waals surface area (Å²) in [7, 11) is 1.58. The number of benzene rings is 1. The highest BCUT2D eigenvalue weighted by molar-refractivity contribution is 5.69. The van der Waals surface area contributed by atoms with Crippen molar-refractivity contribution in [1.82, 2.24) is 0 Å². The molecule has 2 unspecified atom stereocenters. The average molecular weight is 237 g/mol. The summed E-state index contributed by atoms with van der Waals surface area (Å²) in [5.74, 6) is -0.146. The third-order valence-corrected chi connectivity index (χ3v) is 3.25. The van der Waals surface area contributed by atoms with Crippen molar-refractivity contribution in [1.29, 1.82) is 0 Å². The summed E-state index contributed by atoms with van der Waals surface area (Å²) in [6.07, 6.45) is -0.00215. The van der Waals surface area contributed by atoms with Gasteiger partial charge in [-0.3, -0.25) is 4.79 Å². The summed E-state index contributed by atoms with van der Waals surface area (Å²) < 4.78 is 5.15. The molecule has 1 aromatic carbocycles. The molecule has 0 heterocycles. The first-order valence-corrected chi connectivity index (χ1v) is 5.52. The molecule has 0 bridgehead atoms. The fourth-order valence-electron chi connectivity index (χ4n) is 1.82. The van der Waals surface area contributed by atoms with Gasteiger partial charge in [0.05, 0.1) is 13.5 Å². The monoisotopic (exact) mass is 237 g/mol. The van der Waals surface area contributed by atoms with Crippen LogP contribution < -0.4 is 10.5 Å². The molecule has 0 spiro atoms. The van der Waals surface area contributed by atoms with Crippen LogP contribution in [0.5, 0.6) is 5.75 Å². The van der Waals surface area contributed by atoms with Crippen molar-refractivity contribution in [2.45, 2.75) is 31.7 Å². The van der Waals surface area contributed by atoms with Crippen molar-refractivity contribution < 1.29 is 14.6 Å². The summed E-state index contributed by atoms with van der Waals surface area (Å²) in [6, 6.07) is 7.13. The van der Waals surface area contributed by atoms with Crippen molar-refractivity contribution in [3.05, 3.63) is 29.8 Å². The molecule has 0 aliphatic rings. The topological polar surface area (TPSA) is 72.5 Å². The number of nitrogens with two attached hydrogens (primary N) is 1. The minimum absolute atomic E-state index is 0.00215. The lowest BCUT2D eigenvalue weighted by Crippen LogP contribution is -2.42. The van der Waals surface area contributed by atoms with E-state index in [1.54, 1.807) is 7.11 Å². The number of aliphatic carboxylic acids is 1. The van der Waals surface area contributed by atoms with Crippen LogP contribution in [0.4, 0.5) is 0 Å². The molecule has 4 nitrogen and oxygen atoms in total. The number of carboxylic acids is 1. The van der Waals surface area contributed by atoms with Gasteiger partial charge in [0, 0.05) is 11.5 Å². The van der Waals surface area contributed by atoms with Crippen LogP contribution in [0.25, 0.3) is 0 Å². The predicted molar refractivity (Wildman–Crippen MR) is 66.2 cm³/mol. The molecule has 17 heavy (non-hydrogen) atoms. The zero-order chi connectivity index (χ0) is 13.1. The molecule has 1 aromatic rings. The number of methoxy groups -OCH3 is 1. The Morgan fingerprint density at radius 1 is 1.59 bits per heavy atom. The summed E-state index contributed by atoms with van der Waals surface area (Å²) in [4.78, 5) is 11.0. The molecule has 0 fully saturated rings. The lowest BCUT2D eigenvalue weighted by molar-refractivity contribution is -0.138. The first kappa shape index (κ1) is 13.5. The number of hydrogen-bond acceptors (Lipinski definition) is 3. The molecule has 3 N–H and O–H groups in total. The third-order valence-electron chi connectivity index (χ3n) is 3.25. The normalized spacial score (nSPS) is 16.0. The lowest BCUT2D eigenvalue weighted by Gasteiger charge is -2.32. The Balaban J connectivity index is 3.17. The highest BCUT2D eigenvalue weighted by Crippen LogP contribution is 2.32. The molecule has 0 amide bonds. The van der Waals surface area contributed by atoms with Gasteiger partial charge in [0.15, 0.2) is 0 Å². The minimum Gasteiger partial charge on any atom is -0.497 e. The Morgan fingerprint density at radius 2 is 2.24 bits per heavy atom. The number of rotatable bonds is 5. The molecular formula is C13H19NO3. The maximum absolute atomic E-state index is 11.0. The molecule has 2 atom stereocenters. The van der Waals surface area contributed by atoms with Crippen LogP contribution in [0.15, 0.2) is 24.3 Å². The van der Waals surface area contributed by atoms with Crippen molar-refractivity contribution in [3.8, 4) is 5.75 Å². The molecule has 0 aliphatic heterocycles. The molecule has 0 saturated carbocycles. The first-order valence-electron chi connectivity index (χ1n) is 5.52. The van der Waals surface area contributed by atoms with Crippen LogP contribution in [0.1, 0.15) is 25.8 Å². The van der Waals surface area contributed by atoms with E-state index in [1.807, 2.05) is 38.1 Å². The van der Waals surface area contributed by atoms with Crippen LogP contribution in [0.3, 0.4) is 0 Å². The standard InChI is InChI=1S/C13H19NO3/c1-9(14)13(2,8-12(15)16)10-5-4-6-11(7-10)17-3/h4-7,9H,8,14H2,1-3H3,(H,15,16). The second kappa shape index (κ2) is 5.19. The van der Waals surface area contributed by atoms with Crippen LogP contribution in [0.2, 0.25) is 0 Å². The molecule has 1 rings (SSSR count).